The quantitative estimate of drug-likeness (QED) is 0.570. The van der Waals surface area contributed by atoms with Crippen LogP contribution in [0.1, 0.15) is 76.0 Å². The van der Waals surface area contributed by atoms with Crippen molar-refractivity contribution in [3.05, 3.63) is 28.8 Å². The second kappa shape index (κ2) is 7.46. The third-order valence-electron chi connectivity index (χ3n) is 3.48. The largest absolute Gasteiger partial charge is 0.374 e. The summed E-state index contributed by atoms with van der Waals surface area (Å²) in [5.41, 5.74) is 4.27. The van der Waals surface area contributed by atoms with Crippen LogP contribution in [0.25, 0.3) is 0 Å². The summed E-state index contributed by atoms with van der Waals surface area (Å²) in [5.74, 6) is 1.57. The third-order valence-corrected chi connectivity index (χ3v) is 5.00. The molecule has 1 rings (SSSR count). The minimum Gasteiger partial charge on any atom is -0.374 e. The average molecular weight is 310 g/mol. The Hall–Kier alpha value is -0.540. The number of benzene rings is 1. The summed E-state index contributed by atoms with van der Waals surface area (Å²) >= 11 is 7.06. The molecule has 0 aromatic heterocycles. The standard InChI is InChI=1S/C17H27NS2/c1-10(2)13-8-14(11(3)4)16(20-17(19)18-7)15(9-13)12(5)6/h8-12H,1-7H3,(H,18,19). The van der Waals surface area contributed by atoms with E-state index in [2.05, 4.69) is 59.0 Å². The van der Waals surface area contributed by atoms with Crippen LogP contribution in [0, 0.1) is 0 Å². The predicted molar refractivity (Wildman–Crippen MR) is 96.2 cm³/mol. The molecule has 3 heteroatoms. The smallest absolute Gasteiger partial charge is 0.138 e. The fourth-order valence-corrected chi connectivity index (χ4v) is 3.51. The molecule has 20 heavy (non-hydrogen) atoms. The topological polar surface area (TPSA) is 12.0 Å². The van der Waals surface area contributed by atoms with Crippen molar-refractivity contribution in [1.29, 1.82) is 0 Å². The van der Waals surface area contributed by atoms with E-state index in [1.807, 2.05) is 7.05 Å². The Labute approximate surface area is 133 Å². The first-order chi connectivity index (χ1) is 9.27. The predicted octanol–water partition coefficient (Wildman–Crippen LogP) is 5.65. The van der Waals surface area contributed by atoms with Gasteiger partial charge in [-0.25, -0.2) is 0 Å². The van der Waals surface area contributed by atoms with E-state index in [1.165, 1.54) is 21.6 Å². The van der Waals surface area contributed by atoms with Gasteiger partial charge in [0.05, 0.1) is 0 Å². The SMILES string of the molecule is CNC(=S)Sc1c(C(C)C)cc(C(C)C)cc1C(C)C. The molecule has 1 aromatic rings. The number of thioether (sulfide) groups is 1. The molecule has 0 amide bonds. The lowest BCUT2D eigenvalue weighted by Crippen LogP contribution is -2.12. The molecule has 112 valence electrons. The van der Waals surface area contributed by atoms with E-state index < -0.39 is 0 Å². The van der Waals surface area contributed by atoms with Gasteiger partial charge in [-0.05, 0) is 34.4 Å². The van der Waals surface area contributed by atoms with Crippen LogP contribution in [0.5, 0.6) is 0 Å². The molecule has 0 radical (unpaired) electrons. The van der Waals surface area contributed by atoms with Gasteiger partial charge in [-0.15, -0.1) is 0 Å². The van der Waals surface area contributed by atoms with Crippen molar-refractivity contribution in [3.63, 3.8) is 0 Å². The summed E-state index contributed by atoms with van der Waals surface area (Å²) in [6.45, 7) is 13.6. The van der Waals surface area contributed by atoms with Crippen LogP contribution in [0.2, 0.25) is 0 Å². The van der Waals surface area contributed by atoms with Gasteiger partial charge in [0.1, 0.15) is 4.32 Å². The molecule has 0 saturated heterocycles. The third kappa shape index (κ3) is 4.23. The maximum absolute atomic E-state index is 5.37. The minimum absolute atomic E-state index is 0.508. The first-order valence-corrected chi connectivity index (χ1v) is 8.57. The molecule has 1 N–H and O–H groups in total. The second-order valence-electron chi connectivity index (χ2n) is 6.13. The van der Waals surface area contributed by atoms with Gasteiger partial charge in [-0.1, -0.05) is 77.7 Å². The zero-order valence-electron chi connectivity index (χ0n) is 13.7. The van der Waals surface area contributed by atoms with Crippen molar-refractivity contribution in [1.82, 2.24) is 5.32 Å². The van der Waals surface area contributed by atoms with Gasteiger partial charge in [0.15, 0.2) is 0 Å². The lowest BCUT2D eigenvalue weighted by molar-refractivity contribution is 0.772. The molecule has 0 atom stereocenters. The van der Waals surface area contributed by atoms with Crippen LogP contribution in [0.15, 0.2) is 17.0 Å². The molecule has 1 aromatic carbocycles. The first kappa shape index (κ1) is 17.5. The normalized spacial score (nSPS) is 11.5. The van der Waals surface area contributed by atoms with Gasteiger partial charge in [0.25, 0.3) is 0 Å². The summed E-state index contributed by atoms with van der Waals surface area (Å²) < 4.78 is 0.839. The van der Waals surface area contributed by atoms with Crippen molar-refractivity contribution in [3.8, 4) is 0 Å². The Kier molecular flexibility index (Phi) is 6.53. The highest BCUT2D eigenvalue weighted by Gasteiger charge is 2.18. The fourth-order valence-electron chi connectivity index (χ4n) is 2.15. The van der Waals surface area contributed by atoms with Crippen molar-refractivity contribution in [2.75, 3.05) is 7.05 Å². The number of thiocarbonyl (C=S) groups is 1. The Balaban J connectivity index is 3.46. The molecule has 0 aliphatic carbocycles. The Morgan fingerprint density at radius 1 is 0.950 bits per heavy atom. The van der Waals surface area contributed by atoms with E-state index in [0.29, 0.717) is 17.8 Å². The molecule has 0 heterocycles. The van der Waals surface area contributed by atoms with E-state index in [9.17, 15) is 0 Å². The fraction of sp³-hybridized carbons (Fsp3) is 0.588. The van der Waals surface area contributed by atoms with Gasteiger partial charge >= 0.3 is 0 Å². The zero-order valence-corrected chi connectivity index (χ0v) is 15.3. The number of rotatable bonds is 4. The summed E-state index contributed by atoms with van der Waals surface area (Å²) in [6, 6.07) is 4.73. The zero-order chi connectivity index (χ0) is 15.4. The van der Waals surface area contributed by atoms with E-state index in [0.717, 1.165) is 4.32 Å². The Morgan fingerprint density at radius 2 is 1.40 bits per heavy atom. The first-order valence-electron chi connectivity index (χ1n) is 7.35. The van der Waals surface area contributed by atoms with Crippen LogP contribution in [0.4, 0.5) is 0 Å². The molecular formula is C17H27NS2. The number of nitrogens with one attached hydrogen (secondary N) is 1. The van der Waals surface area contributed by atoms with Gasteiger partial charge in [0, 0.05) is 11.9 Å². The highest BCUT2D eigenvalue weighted by atomic mass is 32.2. The van der Waals surface area contributed by atoms with Crippen molar-refractivity contribution >= 4 is 28.3 Å². The molecule has 0 aliphatic heterocycles. The van der Waals surface area contributed by atoms with Crippen molar-refractivity contribution in [2.45, 2.75) is 64.2 Å². The monoisotopic (exact) mass is 309 g/mol. The van der Waals surface area contributed by atoms with Gasteiger partial charge in [-0.3, -0.25) is 0 Å². The van der Waals surface area contributed by atoms with Gasteiger partial charge in [-0.2, -0.15) is 0 Å². The Bertz CT molecular complexity index is 447. The maximum Gasteiger partial charge on any atom is 0.138 e. The molecule has 0 aliphatic rings. The minimum atomic E-state index is 0.508. The molecule has 0 fully saturated rings. The lowest BCUT2D eigenvalue weighted by Gasteiger charge is -2.22. The molecule has 0 saturated carbocycles. The summed E-state index contributed by atoms with van der Waals surface area (Å²) in [6.07, 6.45) is 0. The highest BCUT2D eigenvalue weighted by Crippen LogP contribution is 2.38. The van der Waals surface area contributed by atoms with E-state index in [1.54, 1.807) is 11.8 Å². The second-order valence-corrected chi connectivity index (χ2v) is 7.82. The van der Waals surface area contributed by atoms with Gasteiger partial charge < -0.3 is 5.32 Å². The summed E-state index contributed by atoms with van der Waals surface area (Å²) in [7, 11) is 1.89. The van der Waals surface area contributed by atoms with Crippen LogP contribution in [-0.2, 0) is 0 Å². The van der Waals surface area contributed by atoms with E-state index in [-0.39, 0.29) is 0 Å². The van der Waals surface area contributed by atoms with Crippen LogP contribution < -0.4 is 5.32 Å². The molecule has 1 nitrogen and oxygen atoms in total. The summed E-state index contributed by atoms with van der Waals surface area (Å²) in [4.78, 5) is 1.35. The van der Waals surface area contributed by atoms with Crippen LogP contribution in [-0.4, -0.2) is 11.4 Å². The maximum atomic E-state index is 5.37. The summed E-state index contributed by atoms with van der Waals surface area (Å²) in [5, 5.41) is 3.08. The van der Waals surface area contributed by atoms with E-state index in [4.69, 9.17) is 12.2 Å². The molecule has 0 spiro atoms. The lowest BCUT2D eigenvalue weighted by atomic mass is 9.89. The molecular weight excluding hydrogens is 282 g/mol. The number of hydrogen-bond acceptors (Lipinski definition) is 2. The highest BCUT2D eigenvalue weighted by molar-refractivity contribution is 8.23. The average Bonchev–Trinajstić information content (AvgIpc) is 2.37. The number of hydrogen-bond donors (Lipinski definition) is 1. The van der Waals surface area contributed by atoms with Gasteiger partial charge in [0.2, 0.25) is 0 Å². The van der Waals surface area contributed by atoms with E-state index >= 15 is 0 Å². The van der Waals surface area contributed by atoms with Crippen LogP contribution >= 0.6 is 24.0 Å². The Morgan fingerprint density at radius 3 is 1.70 bits per heavy atom. The molecule has 0 bridgehead atoms. The van der Waals surface area contributed by atoms with Crippen molar-refractivity contribution < 1.29 is 0 Å². The molecule has 0 unspecified atom stereocenters. The van der Waals surface area contributed by atoms with Crippen LogP contribution in [0.3, 0.4) is 0 Å². The van der Waals surface area contributed by atoms with Crippen molar-refractivity contribution in [2.24, 2.45) is 0 Å².